The van der Waals surface area contributed by atoms with Gasteiger partial charge in [-0.05, 0) is 24.5 Å². The van der Waals surface area contributed by atoms with Gasteiger partial charge in [-0.15, -0.1) is 0 Å². The standard InChI is InChI=1S/C13H12F2N2O/c1-8-6-13(8,7-16)12(18)17-10-4-2-3-9(5-10)11(14)15/h2-5,8,11H,6H2,1H3,(H,17,18)/t8-,13-/m1/s1. The first kappa shape index (κ1) is 12.5. The van der Waals surface area contributed by atoms with Crippen LogP contribution in [0.2, 0.25) is 0 Å². The van der Waals surface area contributed by atoms with E-state index in [9.17, 15) is 13.6 Å². The van der Waals surface area contributed by atoms with Gasteiger partial charge in [0.15, 0.2) is 0 Å². The number of halogens is 2. The highest BCUT2D eigenvalue weighted by Gasteiger charge is 2.58. The van der Waals surface area contributed by atoms with Crippen LogP contribution in [0.25, 0.3) is 0 Å². The van der Waals surface area contributed by atoms with E-state index < -0.39 is 17.7 Å². The summed E-state index contributed by atoms with van der Waals surface area (Å²) in [6.07, 6.45) is -2.06. The number of alkyl halides is 2. The van der Waals surface area contributed by atoms with Gasteiger partial charge in [0.05, 0.1) is 6.07 Å². The lowest BCUT2D eigenvalue weighted by Crippen LogP contribution is -2.24. The molecule has 1 aromatic rings. The van der Waals surface area contributed by atoms with Crippen LogP contribution in [0.15, 0.2) is 24.3 Å². The van der Waals surface area contributed by atoms with E-state index in [1.54, 1.807) is 0 Å². The molecule has 0 spiro atoms. The molecule has 1 amide bonds. The first-order valence-corrected chi connectivity index (χ1v) is 5.60. The lowest BCUT2D eigenvalue weighted by Gasteiger charge is -2.10. The fourth-order valence-electron chi connectivity index (χ4n) is 1.94. The summed E-state index contributed by atoms with van der Waals surface area (Å²) in [7, 11) is 0. The van der Waals surface area contributed by atoms with Crippen LogP contribution in [0.1, 0.15) is 25.3 Å². The summed E-state index contributed by atoms with van der Waals surface area (Å²) < 4.78 is 25.0. The molecule has 1 N–H and O–H groups in total. The number of benzene rings is 1. The molecule has 18 heavy (non-hydrogen) atoms. The van der Waals surface area contributed by atoms with E-state index in [1.165, 1.54) is 24.3 Å². The number of amides is 1. The van der Waals surface area contributed by atoms with Crippen molar-refractivity contribution in [1.29, 1.82) is 5.26 Å². The molecule has 3 nitrogen and oxygen atoms in total. The molecule has 1 fully saturated rings. The Morgan fingerprint density at radius 3 is 2.78 bits per heavy atom. The third-order valence-electron chi connectivity index (χ3n) is 3.31. The minimum absolute atomic E-state index is 0.0146. The summed E-state index contributed by atoms with van der Waals surface area (Å²) >= 11 is 0. The second-order valence-corrected chi connectivity index (χ2v) is 4.57. The number of anilines is 1. The number of nitrogens with zero attached hydrogens (tertiary/aromatic N) is 1. The van der Waals surface area contributed by atoms with Crippen LogP contribution in [-0.2, 0) is 4.79 Å². The Labute approximate surface area is 103 Å². The number of nitriles is 1. The van der Waals surface area contributed by atoms with Gasteiger partial charge < -0.3 is 5.32 Å². The highest BCUT2D eigenvalue weighted by molar-refractivity contribution is 5.99. The molecule has 0 unspecified atom stereocenters. The predicted molar refractivity (Wildman–Crippen MR) is 61.9 cm³/mol. The summed E-state index contributed by atoms with van der Waals surface area (Å²) in [6.45, 7) is 1.82. The Hall–Kier alpha value is -1.96. The van der Waals surface area contributed by atoms with Gasteiger partial charge in [-0.25, -0.2) is 8.78 Å². The van der Waals surface area contributed by atoms with Crippen molar-refractivity contribution in [1.82, 2.24) is 0 Å². The van der Waals surface area contributed by atoms with Gasteiger partial charge in [0.25, 0.3) is 6.43 Å². The molecule has 0 saturated heterocycles. The average Bonchev–Trinajstić information content (AvgIpc) is 3.02. The van der Waals surface area contributed by atoms with E-state index >= 15 is 0 Å². The second-order valence-electron chi connectivity index (χ2n) is 4.57. The van der Waals surface area contributed by atoms with Crippen molar-refractivity contribution in [3.63, 3.8) is 0 Å². The first-order chi connectivity index (χ1) is 8.49. The van der Waals surface area contributed by atoms with Crippen LogP contribution in [0, 0.1) is 22.7 Å². The molecular weight excluding hydrogens is 238 g/mol. The molecule has 0 radical (unpaired) electrons. The fourth-order valence-corrected chi connectivity index (χ4v) is 1.94. The van der Waals surface area contributed by atoms with E-state index in [0.717, 1.165) is 0 Å². The van der Waals surface area contributed by atoms with Gasteiger partial charge in [0.1, 0.15) is 5.41 Å². The smallest absolute Gasteiger partial charge is 0.263 e. The molecule has 0 heterocycles. The highest BCUT2D eigenvalue weighted by atomic mass is 19.3. The van der Waals surface area contributed by atoms with Gasteiger partial charge in [0.2, 0.25) is 5.91 Å². The van der Waals surface area contributed by atoms with Crippen LogP contribution < -0.4 is 5.32 Å². The quantitative estimate of drug-likeness (QED) is 0.896. The zero-order valence-electron chi connectivity index (χ0n) is 9.78. The van der Waals surface area contributed by atoms with Crippen molar-refractivity contribution in [3.8, 4) is 6.07 Å². The molecular formula is C13H12F2N2O. The number of hydrogen-bond acceptors (Lipinski definition) is 2. The summed E-state index contributed by atoms with van der Waals surface area (Å²) in [6, 6.07) is 7.49. The van der Waals surface area contributed by atoms with Crippen molar-refractivity contribution in [3.05, 3.63) is 29.8 Å². The Morgan fingerprint density at radius 2 is 2.28 bits per heavy atom. The maximum absolute atomic E-state index is 12.5. The number of nitrogens with one attached hydrogen (secondary N) is 1. The summed E-state index contributed by atoms with van der Waals surface area (Å²) in [5.41, 5.74) is -0.838. The van der Waals surface area contributed by atoms with Crippen LogP contribution >= 0.6 is 0 Å². The van der Waals surface area contributed by atoms with E-state index in [0.29, 0.717) is 12.1 Å². The lowest BCUT2D eigenvalue weighted by atomic mass is 10.1. The third kappa shape index (κ3) is 2.06. The Morgan fingerprint density at radius 1 is 1.61 bits per heavy atom. The number of rotatable bonds is 3. The SMILES string of the molecule is C[C@@H]1C[C@]1(C#N)C(=O)Nc1cccc(C(F)F)c1. The minimum Gasteiger partial charge on any atom is -0.325 e. The molecule has 1 saturated carbocycles. The van der Waals surface area contributed by atoms with Gasteiger partial charge >= 0.3 is 0 Å². The normalized spacial score (nSPS) is 25.6. The van der Waals surface area contributed by atoms with Crippen molar-refractivity contribution in [2.75, 3.05) is 5.32 Å². The van der Waals surface area contributed by atoms with Crippen LogP contribution in [-0.4, -0.2) is 5.91 Å². The molecule has 1 aromatic carbocycles. The van der Waals surface area contributed by atoms with E-state index in [4.69, 9.17) is 5.26 Å². The van der Waals surface area contributed by atoms with Gasteiger partial charge in [-0.2, -0.15) is 5.26 Å². The van der Waals surface area contributed by atoms with Gasteiger partial charge in [-0.1, -0.05) is 19.1 Å². The maximum Gasteiger partial charge on any atom is 0.263 e. The number of carbonyl (C=O) groups is 1. The predicted octanol–water partition coefficient (Wildman–Crippen LogP) is 3.11. The van der Waals surface area contributed by atoms with E-state index in [-0.39, 0.29) is 11.5 Å². The topological polar surface area (TPSA) is 52.9 Å². The number of hydrogen-bond donors (Lipinski definition) is 1. The van der Waals surface area contributed by atoms with E-state index in [2.05, 4.69) is 5.32 Å². The van der Waals surface area contributed by atoms with Crippen LogP contribution in [0.4, 0.5) is 14.5 Å². The zero-order valence-corrected chi connectivity index (χ0v) is 9.78. The van der Waals surface area contributed by atoms with Crippen molar-refractivity contribution in [2.45, 2.75) is 19.8 Å². The molecule has 2 atom stereocenters. The molecule has 2 rings (SSSR count). The molecule has 0 bridgehead atoms. The molecule has 1 aliphatic rings. The van der Waals surface area contributed by atoms with Crippen LogP contribution in [0.5, 0.6) is 0 Å². The summed E-state index contributed by atoms with van der Waals surface area (Å²) in [4.78, 5) is 11.9. The molecule has 5 heteroatoms. The number of carbonyl (C=O) groups excluding carboxylic acids is 1. The largest absolute Gasteiger partial charge is 0.325 e. The summed E-state index contributed by atoms with van der Waals surface area (Å²) in [5.74, 6) is -0.398. The Bertz CT molecular complexity index is 524. The highest BCUT2D eigenvalue weighted by Crippen LogP contribution is 2.52. The molecule has 0 aliphatic heterocycles. The zero-order chi connectivity index (χ0) is 13.3. The minimum atomic E-state index is -2.58. The lowest BCUT2D eigenvalue weighted by molar-refractivity contribution is -0.119. The average molecular weight is 250 g/mol. The molecule has 1 aliphatic carbocycles. The van der Waals surface area contributed by atoms with E-state index in [1.807, 2.05) is 13.0 Å². The fraction of sp³-hybridized carbons (Fsp3) is 0.385. The second kappa shape index (κ2) is 4.37. The summed E-state index contributed by atoms with van der Waals surface area (Å²) in [5, 5.41) is 11.5. The first-order valence-electron chi connectivity index (χ1n) is 5.60. The third-order valence-corrected chi connectivity index (χ3v) is 3.31. The Kier molecular flexibility index (Phi) is 3.04. The monoisotopic (exact) mass is 250 g/mol. The van der Waals surface area contributed by atoms with Crippen molar-refractivity contribution >= 4 is 11.6 Å². The van der Waals surface area contributed by atoms with Crippen LogP contribution in [0.3, 0.4) is 0 Å². The van der Waals surface area contributed by atoms with Crippen molar-refractivity contribution in [2.24, 2.45) is 11.3 Å². The Balaban J connectivity index is 2.13. The molecule has 94 valence electrons. The van der Waals surface area contributed by atoms with Gasteiger partial charge in [0, 0.05) is 11.3 Å². The molecule has 0 aromatic heterocycles. The maximum atomic E-state index is 12.5. The van der Waals surface area contributed by atoms with Gasteiger partial charge in [-0.3, -0.25) is 4.79 Å². The van der Waals surface area contributed by atoms with Crippen molar-refractivity contribution < 1.29 is 13.6 Å².